The van der Waals surface area contributed by atoms with Crippen molar-refractivity contribution in [1.29, 1.82) is 0 Å². The summed E-state index contributed by atoms with van der Waals surface area (Å²) in [5, 5.41) is 7.25. The van der Waals surface area contributed by atoms with Gasteiger partial charge in [0.15, 0.2) is 12.6 Å². The first kappa shape index (κ1) is 24.1. The van der Waals surface area contributed by atoms with Crippen LogP contribution in [0, 0.1) is 0 Å². The van der Waals surface area contributed by atoms with Crippen molar-refractivity contribution < 1.29 is 17.9 Å². The van der Waals surface area contributed by atoms with Crippen LogP contribution in [0.25, 0.3) is 0 Å². The Kier molecular flexibility index (Phi) is 10.6. The molecule has 0 radical (unpaired) electrons. The molecule has 2 atom stereocenters. The number of alkyl halides is 3. The highest BCUT2D eigenvalue weighted by Crippen LogP contribution is 2.28. The van der Waals surface area contributed by atoms with Crippen LogP contribution in [0.5, 0.6) is 5.88 Å². The molecule has 0 spiro atoms. The first-order valence-corrected chi connectivity index (χ1v) is 9.91. The summed E-state index contributed by atoms with van der Waals surface area (Å²) < 4.78 is 41.9. The van der Waals surface area contributed by atoms with Crippen LogP contribution >= 0.6 is 35.7 Å². The molecule has 0 amide bonds. The molecule has 2 unspecified atom stereocenters. The molecule has 10 heteroatoms. The van der Waals surface area contributed by atoms with E-state index in [9.17, 15) is 13.2 Å². The molecule has 0 saturated heterocycles. The Morgan fingerprint density at radius 1 is 1.41 bits per heavy atom. The van der Waals surface area contributed by atoms with Gasteiger partial charge in [-0.15, -0.1) is 24.0 Å². The number of rotatable bonds is 7. The van der Waals surface area contributed by atoms with Gasteiger partial charge in [0.05, 0.1) is 6.54 Å². The predicted molar refractivity (Wildman–Crippen MR) is 114 cm³/mol. The molecular weight excluding hydrogens is 492 g/mol. The summed E-state index contributed by atoms with van der Waals surface area (Å²) in [5.74, 6) is 0.623. The monoisotopic (exact) mass is 518 g/mol. The third kappa shape index (κ3) is 8.75. The second-order valence-electron chi connectivity index (χ2n) is 6.08. The lowest BCUT2D eigenvalue weighted by Gasteiger charge is -2.17. The van der Waals surface area contributed by atoms with E-state index in [0.29, 0.717) is 29.4 Å². The number of pyridine rings is 1. The first-order chi connectivity index (χ1) is 12.4. The molecule has 2 N–H and O–H groups in total. The molecule has 1 heterocycles. The Morgan fingerprint density at radius 3 is 2.81 bits per heavy atom. The first-order valence-electron chi connectivity index (χ1n) is 8.62. The van der Waals surface area contributed by atoms with E-state index in [4.69, 9.17) is 4.74 Å². The van der Waals surface area contributed by atoms with Crippen molar-refractivity contribution in [3.05, 3.63) is 23.9 Å². The second-order valence-corrected chi connectivity index (χ2v) is 7.22. The third-order valence-electron chi connectivity index (χ3n) is 4.03. The molecule has 1 aromatic rings. The summed E-state index contributed by atoms with van der Waals surface area (Å²) in [5.41, 5.74) is 0.516. The van der Waals surface area contributed by atoms with Gasteiger partial charge in [0.25, 0.3) is 0 Å². The summed E-state index contributed by atoms with van der Waals surface area (Å²) in [6.07, 6.45) is 2.48. The number of thioether (sulfide) groups is 1. The van der Waals surface area contributed by atoms with E-state index in [1.165, 1.54) is 12.6 Å². The second kappa shape index (κ2) is 11.8. The number of guanidine groups is 1. The Balaban J connectivity index is 0.00000364. The smallest absolute Gasteiger partial charge is 0.422 e. The quantitative estimate of drug-likeness (QED) is 0.325. The lowest BCUT2D eigenvalue weighted by Crippen LogP contribution is -2.42. The molecule has 1 aliphatic carbocycles. The summed E-state index contributed by atoms with van der Waals surface area (Å²) >= 11 is 1.88. The van der Waals surface area contributed by atoms with Crippen LogP contribution < -0.4 is 15.4 Å². The fraction of sp³-hybridized carbons (Fsp3) is 0.647. The number of halogens is 4. The predicted octanol–water partition coefficient (Wildman–Crippen LogP) is 3.98. The van der Waals surface area contributed by atoms with E-state index in [1.54, 1.807) is 12.1 Å². The van der Waals surface area contributed by atoms with Crippen molar-refractivity contribution >= 4 is 41.7 Å². The molecule has 5 nitrogen and oxygen atoms in total. The van der Waals surface area contributed by atoms with E-state index in [0.717, 1.165) is 12.8 Å². The highest BCUT2D eigenvalue weighted by atomic mass is 127. The van der Waals surface area contributed by atoms with Gasteiger partial charge in [-0.25, -0.2) is 9.98 Å². The fourth-order valence-electron chi connectivity index (χ4n) is 2.79. The Hall–Kier alpha value is -0.910. The maximum atomic E-state index is 12.4. The number of hydrogen-bond donors (Lipinski definition) is 2. The molecule has 154 valence electrons. The number of ether oxygens (including phenoxy) is 1. The van der Waals surface area contributed by atoms with Gasteiger partial charge in [0.1, 0.15) is 0 Å². The molecule has 1 aromatic heterocycles. The normalized spacial score (nSPS) is 20.1. The molecule has 2 rings (SSSR count). The summed E-state index contributed by atoms with van der Waals surface area (Å²) in [7, 11) is 0. The van der Waals surface area contributed by atoms with Gasteiger partial charge >= 0.3 is 6.18 Å². The molecule has 1 saturated carbocycles. The van der Waals surface area contributed by atoms with Gasteiger partial charge < -0.3 is 15.4 Å². The van der Waals surface area contributed by atoms with Gasteiger partial charge in [-0.05, 0) is 38.5 Å². The molecule has 0 aliphatic heterocycles. The number of nitrogens with one attached hydrogen (secondary N) is 2. The number of aliphatic imine (C=N–C) groups is 1. The van der Waals surface area contributed by atoms with Gasteiger partial charge in [-0.1, -0.05) is 6.07 Å². The van der Waals surface area contributed by atoms with E-state index in [2.05, 4.69) is 26.9 Å². The van der Waals surface area contributed by atoms with E-state index in [1.807, 2.05) is 18.7 Å². The Labute approximate surface area is 179 Å². The minimum Gasteiger partial charge on any atom is -0.468 e. The van der Waals surface area contributed by atoms with Crippen molar-refractivity contribution in [2.45, 2.75) is 50.2 Å². The van der Waals surface area contributed by atoms with Crippen LogP contribution in [0.2, 0.25) is 0 Å². The number of nitrogens with zero attached hydrogens (tertiary/aromatic N) is 2. The largest absolute Gasteiger partial charge is 0.468 e. The van der Waals surface area contributed by atoms with Crippen molar-refractivity contribution in [1.82, 2.24) is 15.6 Å². The number of aromatic nitrogens is 1. The minimum atomic E-state index is -4.40. The van der Waals surface area contributed by atoms with E-state index < -0.39 is 12.8 Å². The highest BCUT2D eigenvalue weighted by molar-refractivity contribution is 14.0. The maximum absolute atomic E-state index is 12.4. The minimum absolute atomic E-state index is 0. The van der Waals surface area contributed by atoms with Crippen LogP contribution in [0.1, 0.15) is 31.7 Å². The lowest BCUT2D eigenvalue weighted by molar-refractivity contribution is -0.154. The summed E-state index contributed by atoms with van der Waals surface area (Å²) in [6, 6.07) is 3.69. The average molecular weight is 518 g/mol. The van der Waals surface area contributed by atoms with Crippen LogP contribution in [-0.4, -0.2) is 47.8 Å². The molecule has 1 aliphatic rings. The fourth-order valence-corrected chi connectivity index (χ4v) is 3.58. The van der Waals surface area contributed by atoms with Crippen LogP contribution in [0.3, 0.4) is 0 Å². The highest BCUT2D eigenvalue weighted by Gasteiger charge is 2.29. The van der Waals surface area contributed by atoms with E-state index >= 15 is 0 Å². The van der Waals surface area contributed by atoms with Gasteiger partial charge in [0.2, 0.25) is 5.88 Å². The summed E-state index contributed by atoms with van der Waals surface area (Å²) in [4.78, 5) is 8.38. The molecular formula is C17H26F3IN4OS. The van der Waals surface area contributed by atoms with Crippen molar-refractivity contribution in [3.63, 3.8) is 0 Å². The number of hydrogen-bond acceptors (Lipinski definition) is 4. The zero-order valence-corrected chi connectivity index (χ0v) is 18.5. The lowest BCUT2D eigenvalue weighted by atomic mass is 10.2. The van der Waals surface area contributed by atoms with Crippen molar-refractivity contribution in [2.24, 2.45) is 4.99 Å². The third-order valence-corrected chi connectivity index (χ3v) is 5.13. The van der Waals surface area contributed by atoms with Gasteiger partial charge in [-0.2, -0.15) is 24.9 Å². The standard InChI is InChI=1S/C17H25F3N4OS.HI/c1-3-21-16(24-13-6-7-14(9-13)26-2)23-10-12-5-4-8-22-15(12)25-11-17(18,19)20;/h4-5,8,13-14H,3,6-7,9-11H2,1-2H3,(H2,21,23,24);1H. The summed E-state index contributed by atoms with van der Waals surface area (Å²) in [6.45, 7) is 1.50. The zero-order chi connectivity index (χ0) is 19.0. The van der Waals surface area contributed by atoms with Crippen LogP contribution in [-0.2, 0) is 6.54 Å². The topological polar surface area (TPSA) is 58.5 Å². The Morgan fingerprint density at radius 2 is 2.19 bits per heavy atom. The Bertz CT molecular complexity index is 604. The molecule has 0 aromatic carbocycles. The van der Waals surface area contributed by atoms with Gasteiger partial charge in [-0.3, -0.25) is 0 Å². The molecule has 27 heavy (non-hydrogen) atoms. The van der Waals surface area contributed by atoms with Crippen molar-refractivity contribution in [3.8, 4) is 5.88 Å². The van der Waals surface area contributed by atoms with Crippen molar-refractivity contribution in [2.75, 3.05) is 19.4 Å². The van der Waals surface area contributed by atoms with Crippen LogP contribution in [0.15, 0.2) is 23.3 Å². The molecule has 1 fully saturated rings. The van der Waals surface area contributed by atoms with E-state index in [-0.39, 0.29) is 36.4 Å². The van der Waals surface area contributed by atoms with Crippen LogP contribution in [0.4, 0.5) is 13.2 Å². The SMILES string of the molecule is CCNC(=NCc1cccnc1OCC(F)(F)F)NC1CCC(SC)C1.I. The average Bonchev–Trinajstić information content (AvgIpc) is 3.06. The molecule has 0 bridgehead atoms. The maximum Gasteiger partial charge on any atom is 0.422 e. The van der Waals surface area contributed by atoms with Gasteiger partial charge in [0, 0.05) is 29.6 Å². The zero-order valence-electron chi connectivity index (χ0n) is 15.4.